The first kappa shape index (κ1) is 14.3. The Kier molecular flexibility index (Phi) is 5.62. The normalized spacial score (nSPS) is 34.7. The van der Waals surface area contributed by atoms with Crippen LogP contribution in [0, 0.1) is 11.8 Å². The Labute approximate surface area is 105 Å². The van der Waals surface area contributed by atoms with E-state index in [-0.39, 0.29) is 0 Å². The molecule has 0 saturated heterocycles. The number of thioether (sulfide) groups is 1. The lowest BCUT2D eigenvalue weighted by molar-refractivity contribution is 0.0742. The largest absolute Gasteiger partial charge is 0.388 e. The van der Waals surface area contributed by atoms with Gasteiger partial charge in [-0.2, -0.15) is 11.8 Å². The molecule has 4 unspecified atom stereocenters. The highest BCUT2D eigenvalue weighted by molar-refractivity contribution is 7.98. The number of hydrogen-bond acceptors (Lipinski definition) is 3. The van der Waals surface area contributed by atoms with Crippen molar-refractivity contribution in [2.24, 2.45) is 11.8 Å². The molecule has 1 aliphatic carbocycles. The minimum atomic E-state index is -0.567. The Morgan fingerprint density at radius 2 is 2.06 bits per heavy atom. The van der Waals surface area contributed by atoms with Crippen molar-refractivity contribution in [1.29, 1.82) is 0 Å². The maximum absolute atomic E-state index is 10.1. The molecule has 0 aliphatic heterocycles. The molecule has 2 nitrogen and oxygen atoms in total. The summed E-state index contributed by atoms with van der Waals surface area (Å²) in [6.07, 6.45) is 5.95. The van der Waals surface area contributed by atoms with E-state index >= 15 is 0 Å². The van der Waals surface area contributed by atoms with Crippen LogP contribution in [0.4, 0.5) is 0 Å². The van der Waals surface area contributed by atoms with Crippen LogP contribution in [0.2, 0.25) is 0 Å². The van der Waals surface area contributed by atoms with Crippen LogP contribution in [0.15, 0.2) is 0 Å². The van der Waals surface area contributed by atoms with E-state index in [0.717, 1.165) is 24.1 Å². The lowest BCUT2D eigenvalue weighted by Crippen LogP contribution is -2.47. The van der Waals surface area contributed by atoms with Gasteiger partial charge in [0.2, 0.25) is 0 Å². The third kappa shape index (κ3) is 4.64. The van der Waals surface area contributed by atoms with Gasteiger partial charge >= 0.3 is 0 Å². The summed E-state index contributed by atoms with van der Waals surface area (Å²) in [7, 11) is 0. The van der Waals surface area contributed by atoms with Gasteiger partial charge in [0.15, 0.2) is 0 Å². The molecule has 0 aromatic heterocycles. The molecular weight excluding hydrogens is 218 g/mol. The first-order valence-electron chi connectivity index (χ1n) is 6.39. The van der Waals surface area contributed by atoms with Crippen molar-refractivity contribution < 1.29 is 5.11 Å². The van der Waals surface area contributed by atoms with Gasteiger partial charge in [-0.3, -0.25) is 0 Å². The van der Waals surface area contributed by atoms with E-state index in [9.17, 15) is 5.11 Å². The van der Waals surface area contributed by atoms with Gasteiger partial charge in [0.1, 0.15) is 0 Å². The van der Waals surface area contributed by atoms with Gasteiger partial charge < -0.3 is 10.4 Å². The first-order valence-corrected chi connectivity index (χ1v) is 7.78. The van der Waals surface area contributed by atoms with Crippen LogP contribution in [0.5, 0.6) is 0 Å². The predicted molar refractivity (Wildman–Crippen MR) is 73.0 cm³/mol. The molecule has 1 aliphatic rings. The van der Waals surface area contributed by atoms with E-state index in [1.165, 1.54) is 19.3 Å². The zero-order chi connectivity index (χ0) is 12.2. The van der Waals surface area contributed by atoms with Crippen LogP contribution >= 0.6 is 11.8 Å². The number of rotatable bonds is 5. The summed E-state index contributed by atoms with van der Waals surface area (Å²) in [6, 6.07) is 0.601. The Morgan fingerprint density at radius 3 is 2.62 bits per heavy atom. The lowest BCUT2D eigenvalue weighted by atomic mass is 9.80. The maximum Gasteiger partial charge on any atom is 0.0833 e. The molecule has 0 aromatic carbocycles. The van der Waals surface area contributed by atoms with Gasteiger partial charge in [-0.1, -0.05) is 13.8 Å². The van der Waals surface area contributed by atoms with Crippen LogP contribution in [0.25, 0.3) is 0 Å². The summed E-state index contributed by atoms with van der Waals surface area (Å²) in [5.41, 5.74) is -0.567. The zero-order valence-corrected chi connectivity index (χ0v) is 11.9. The summed E-state index contributed by atoms with van der Waals surface area (Å²) < 4.78 is 0. The van der Waals surface area contributed by atoms with Crippen LogP contribution in [0.1, 0.15) is 40.0 Å². The molecule has 96 valence electrons. The van der Waals surface area contributed by atoms with Gasteiger partial charge in [-0.15, -0.1) is 0 Å². The Morgan fingerprint density at radius 1 is 1.38 bits per heavy atom. The summed E-state index contributed by atoms with van der Waals surface area (Å²) in [5, 5.41) is 13.7. The molecule has 4 atom stereocenters. The minimum absolute atomic E-state index is 0.567. The Hall–Kier alpha value is 0.270. The van der Waals surface area contributed by atoms with Crippen molar-refractivity contribution in [1.82, 2.24) is 5.32 Å². The van der Waals surface area contributed by atoms with E-state index in [0.29, 0.717) is 6.04 Å². The van der Waals surface area contributed by atoms with Crippen LogP contribution < -0.4 is 5.32 Å². The molecule has 16 heavy (non-hydrogen) atoms. The fourth-order valence-corrected chi connectivity index (χ4v) is 3.41. The Bertz CT molecular complexity index is 208. The molecule has 1 rings (SSSR count). The SMILES string of the molecule is CSCC(C)(O)CNC1CCC(C)CC1C. The van der Waals surface area contributed by atoms with Gasteiger partial charge in [-0.05, 0) is 44.3 Å². The highest BCUT2D eigenvalue weighted by Gasteiger charge is 2.27. The van der Waals surface area contributed by atoms with E-state index in [1.807, 2.05) is 13.2 Å². The number of aliphatic hydroxyl groups is 1. The molecule has 1 saturated carbocycles. The summed E-state index contributed by atoms with van der Waals surface area (Å²) >= 11 is 1.71. The summed E-state index contributed by atoms with van der Waals surface area (Å²) in [4.78, 5) is 0. The molecule has 0 heterocycles. The van der Waals surface area contributed by atoms with Crippen LogP contribution in [-0.4, -0.2) is 35.3 Å². The summed E-state index contributed by atoms with van der Waals surface area (Å²) in [5.74, 6) is 2.42. The Balaban J connectivity index is 2.32. The smallest absolute Gasteiger partial charge is 0.0833 e. The lowest BCUT2D eigenvalue weighted by Gasteiger charge is -2.35. The molecule has 0 spiro atoms. The fourth-order valence-electron chi connectivity index (χ4n) is 2.68. The van der Waals surface area contributed by atoms with E-state index in [4.69, 9.17) is 0 Å². The topological polar surface area (TPSA) is 32.3 Å². The quantitative estimate of drug-likeness (QED) is 0.780. The van der Waals surface area contributed by atoms with E-state index < -0.39 is 5.60 Å². The van der Waals surface area contributed by atoms with Crippen LogP contribution in [-0.2, 0) is 0 Å². The van der Waals surface area contributed by atoms with Gasteiger partial charge in [0.05, 0.1) is 5.60 Å². The second kappa shape index (κ2) is 6.27. The molecule has 3 heteroatoms. The monoisotopic (exact) mass is 245 g/mol. The highest BCUT2D eigenvalue weighted by atomic mass is 32.2. The second-order valence-electron chi connectivity index (χ2n) is 5.81. The number of nitrogens with one attached hydrogen (secondary N) is 1. The minimum Gasteiger partial charge on any atom is -0.388 e. The van der Waals surface area contributed by atoms with Crippen molar-refractivity contribution in [3.8, 4) is 0 Å². The first-order chi connectivity index (χ1) is 7.44. The van der Waals surface area contributed by atoms with Gasteiger partial charge in [-0.25, -0.2) is 0 Å². The summed E-state index contributed by atoms with van der Waals surface area (Å²) in [6.45, 7) is 7.32. The average Bonchev–Trinajstić information content (AvgIpc) is 2.16. The van der Waals surface area contributed by atoms with Crippen molar-refractivity contribution in [3.05, 3.63) is 0 Å². The third-order valence-corrected chi connectivity index (χ3v) is 4.54. The maximum atomic E-state index is 10.1. The third-order valence-electron chi connectivity index (χ3n) is 3.63. The standard InChI is InChI=1S/C13H27NOS/c1-10-5-6-12(11(2)7-10)14-8-13(3,15)9-16-4/h10-12,14-15H,5-9H2,1-4H3. The molecule has 0 aromatic rings. The zero-order valence-electron chi connectivity index (χ0n) is 11.1. The molecule has 0 bridgehead atoms. The molecule has 0 amide bonds. The van der Waals surface area contributed by atoms with Crippen molar-refractivity contribution in [2.75, 3.05) is 18.6 Å². The van der Waals surface area contributed by atoms with Crippen molar-refractivity contribution >= 4 is 11.8 Å². The van der Waals surface area contributed by atoms with E-state index in [1.54, 1.807) is 11.8 Å². The van der Waals surface area contributed by atoms with Gasteiger partial charge in [0, 0.05) is 18.3 Å². The van der Waals surface area contributed by atoms with Crippen molar-refractivity contribution in [2.45, 2.75) is 51.7 Å². The molecule has 0 radical (unpaired) electrons. The number of hydrogen-bond donors (Lipinski definition) is 2. The predicted octanol–water partition coefficient (Wildman–Crippen LogP) is 2.51. The molecular formula is C13H27NOS. The molecule has 2 N–H and O–H groups in total. The van der Waals surface area contributed by atoms with E-state index in [2.05, 4.69) is 19.2 Å². The van der Waals surface area contributed by atoms with Crippen LogP contribution in [0.3, 0.4) is 0 Å². The molecule has 1 fully saturated rings. The fraction of sp³-hybridized carbons (Fsp3) is 1.00. The van der Waals surface area contributed by atoms with Gasteiger partial charge in [0.25, 0.3) is 0 Å². The second-order valence-corrected chi connectivity index (χ2v) is 6.68. The highest BCUT2D eigenvalue weighted by Crippen LogP contribution is 2.28. The van der Waals surface area contributed by atoms with Crippen molar-refractivity contribution in [3.63, 3.8) is 0 Å². The average molecular weight is 245 g/mol.